The van der Waals surface area contributed by atoms with Crippen LogP contribution in [0.4, 0.5) is 26.5 Å². The van der Waals surface area contributed by atoms with Gasteiger partial charge in [0.2, 0.25) is 5.91 Å². The summed E-state index contributed by atoms with van der Waals surface area (Å²) in [5.74, 6) is 0.525. The Morgan fingerprint density at radius 1 is 1.00 bits per heavy atom. The molecule has 0 bridgehead atoms. The van der Waals surface area contributed by atoms with E-state index in [1.165, 1.54) is 37.4 Å². The average Bonchev–Trinajstić information content (AvgIpc) is 3.02. The van der Waals surface area contributed by atoms with E-state index in [1.807, 2.05) is 0 Å². The molecule has 1 aromatic carbocycles. The molecule has 3 fully saturated rings. The van der Waals surface area contributed by atoms with Crippen molar-refractivity contribution in [3.8, 4) is 11.3 Å². The molecule has 2 saturated heterocycles. The summed E-state index contributed by atoms with van der Waals surface area (Å²) in [5, 5.41) is 14.6. The van der Waals surface area contributed by atoms with E-state index in [1.54, 1.807) is 24.0 Å². The number of hydrogen-bond acceptors (Lipinski definition) is 10. The first kappa shape index (κ1) is 32.0. The molecule has 3 aliphatic rings. The van der Waals surface area contributed by atoms with Gasteiger partial charge < -0.3 is 25.2 Å². The average molecular weight is 652 g/mol. The lowest BCUT2D eigenvalue weighted by atomic mass is 9.81. The van der Waals surface area contributed by atoms with Gasteiger partial charge in [-0.3, -0.25) is 9.69 Å². The van der Waals surface area contributed by atoms with Gasteiger partial charge in [0, 0.05) is 55.3 Å². The number of aryl methyl sites for hydroxylation is 1. The molecule has 0 spiro atoms. The predicted molar refractivity (Wildman–Crippen MR) is 172 cm³/mol. The molecule has 0 radical (unpaired) electrons. The van der Waals surface area contributed by atoms with Gasteiger partial charge in [0.1, 0.15) is 29.9 Å². The van der Waals surface area contributed by atoms with Crippen molar-refractivity contribution in [1.29, 1.82) is 0 Å². The van der Waals surface area contributed by atoms with Gasteiger partial charge in [0.25, 0.3) is 0 Å². The largest absolute Gasteiger partial charge is 0.446 e. The molecule has 0 atom stereocenters. The molecule has 46 heavy (non-hydrogen) atoms. The minimum absolute atomic E-state index is 0.194. The molecule has 6 rings (SSSR count). The second-order valence-electron chi connectivity index (χ2n) is 12.5. The maximum absolute atomic E-state index is 14.4. The Hall–Kier alpha value is -3.94. The first-order valence-electron chi connectivity index (χ1n) is 15.8. The number of piperazine rings is 1. The van der Waals surface area contributed by atoms with Crippen molar-refractivity contribution in [3.63, 3.8) is 0 Å². The topological polar surface area (TPSA) is 129 Å². The first-order valence-corrected chi connectivity index (χ1v) is 16.1. The van der Waals surface area contributed by atoms with Crippen molar-refractivity contribution in [3.05, 3.63) is 53.2 Å². The monoisotopic (exact) mass is 651 g/mol. The van der Waals surface area contributed by atoms with Crippen LogP contribution in [0.3, 0.4) is 0 Å². The second-order valence-corrected chi connectivity index (χ2v) is 12.9. The Kier molecular flexibility index (Phi) is 9.90. The van der Waals surface area contributed by atoms with Crippen LogP contribution < -0.4 is 10.6 Å². The Labute approximate surface area is 272 Å². The zero-order valence-electron chi connectivity index (χ0n) is 26.1. The summed E-state index contributed by atoms with van der Waals surface area (Å²) in [6.45, 7) is 8.25. The molecule has 12 nitrogen and oxygen atoms in total. The summed E-state index contributed by atoms with van der Waals surface area (Å²) < 4.78 is 20.1. The Balaban J connectivity index is 0.953. The lowest BCUT2D eigenvalue weighted by Gasteiger charge is -2.39. The van der Waals surface area contributed by atoms with E-state index in [0.29, 0.717) is 59.7 Å². The summed E-state index contributed by atoms with van der Waals surface area (Å²) in [6, 6.07) is 7.49. The van der Waals surface area contributed by atoms with E-state index in [-0.39, 0.29) is 29.6 Å². The minimum atomic E-state index is -0.468. The Morgan fingerprint density at radius 3 is 2.50 bits per heavy atom. The number of nitrogens with one attached hydrogen (secondary N) is 2. The van der Waals surface area contributed by atoms with Gasteiger partial charge >= 0.3 is 6.09 Å². The third kappa shape index (κ3) is 7.88. The number of nitrogens with zero attached hydrogens (tertiary/aromatic N) is 7. The number of ether oxygens (including phenoxy) is 1. The first-order chi connectivity index (χ1) is 22.2. The van der Waals surface area contributed by atoms with Crippen LogP contribution >= 0.6 is 11.6 Å². The number of piperidine rings is 1. The fraction of sp³-hybridized carbons (Fsp3) is 0.500. The van der Waals surface area contributed by atoms with Crippen LogP contribution in [0.25, 0.3) is 11.3 Å². The number of rotatable bonds is 8. The molecule has 4 heterocycles. The van der Waals surface area contributed by atoms with Crippen LogP contribution in [-0.2, 0) is 9.53 Å². The molecule has 1 saturated carbocycles. The Bertz CT molecular complexity index is 1560. The number of amides is 2. The fourth-order valence-electron chi connectivity index (χ4n) is 6.08. The molecular weight excluding hydrogens is 613 g/mol. The van der Waals surface area contributed by atoms with Crippen LogP contribution in [0.5, 0.6) is 0 Å². The van der Waals surface area contributed by atoms with E-state index >= 15 is 0 Å². The molecule has 244 valence electrons. The number of hydrogen-bond donors (Lipinski definition) is 2. The minimum Gasteiger partial charge on any atom is -0.446 e. The molecule has 1 aliphatic carbocycles. The summed E-state index contributed by atoms with van der Waals surface area (Å²) in [7, 11) is 2.18. The van der Waals surface area contributed by atoms with Crippen molar-refractivity contribution >= 4 is 40.9 Å². The van der Waals surface area contributed by atoms with Gasteiger partial charge in [0.05, 0.1) is 17.1 Å². The second kappa shape index (κ2) is 14.2. The van der Waals surface area contributed by atoms with Crippen LogP contribution in [-0.4, -0.2) is 106 Å². The normalized spacial score (nSPS) is 21.0. The van der Waals surface area contributed by atoms with Gasteiger partial charge in [-0.15, -0.1) is 0 Å². The van der Waals surface area contributed by atoms with Crippen LogP contribution in [0.2, 0.25) is 5.02 Å². The van der Waals surface area contributed by atoms with E-state index in [0.717, 1.165) is 38.6 Å². The molecule has 0 unspecified atom stereocenters. The molecule has 3 aromatic rings. The van der Waals surface area contributed by atoms with E-state index < -0.39 is 5.82 Å². The van der Waals surface area contributed by atoms with Crippen molar-refractivity contribution in [2.75, 3.05) is 63.5 Å². The highest BCUT2D eigenvalue weighted by atomic mass is 35.5. The van der Waals surface area contributed by atoms with Crippen molar-refractivity contribution < 1.29 is 18.7 Å². The lowest BCUT2D eigenvalue weighted by Crippen LogP contribution is -2.51. The van der Waals surface area contributed by atoms with E-state index in [4.69, 9.17) is 16.3 Å². The smallest absolute Gasteiger partial charge is 0.410 e. The van der Waals surface area contributed by atoms with Gasteiger partial charge in [-0.05, 0) is 82.9 Å². The third-order valence-corrected chi connectivity index (χ3v) is 9.32. The number of carbonyl (C=O) groups is 2. The number of carbonyl (C=O) groups excluding carboxylic acids is 2. The zero-order valence-corrected chi connectivity index (χ0v) is 26.8. The summed E-state index contributed by atoms with van der Waals surface area (Å²) in [5.41, 5.74) is 1.66. The maximum Gasteiger partial charge on any atom is 0.410 e. The SMILES string of the molecule is Cc1nnc(-c2cc(Cl)ccc2F)cc1Nc1cc(NC(=O)C2CC(OC(=O)N3CCN(CC4CCN(C)CC4)CC3)C2)ncn1. The van der Waals surface area contributed by atoms with E-state index in [9.17, 15) is 14.0 Å². The standard InChI is InChI=1S/C32H39ClFN9O3/c1-20-27(16-28(40-39-20)25-15-23(33)3-4-26(25)34)37-29-17-30(36-19-35-29)38-31(44)22-13-24(14-22)46-32(45)43-11-9-42(10-12-43)18-21-5-7-41(2)8-6-21/h3-4,15-17,19,21-22,24H,5-14,18H2,1-2H3,(H2,35,36,37,38,40,44). The van der Waals surface area contributed by atoms with Gasteiger partial charge in [0.15, 0.2) is 0 Å². The number of aromatic nitrogens is 4. The summed E-state index contributed by atoms with van der Waals surface area (Å²) in [6.07, 6.45) is 4.17. The molecule has 2 N–H and O–H groups in total. The predicted octanol–water partition coefficient (Wildman–Crippen LogP) is 4.59. The third-order valence-electron chi connectivity index (χ3n) is 9.08. The highest BCUT2D eigenvalue weighted by Crippen LogP contribution is 2.32. The number of likely N-dealkylation sites (tertiary alicyclic amines) is 1. The number of halogens is 2. The summed E-state index contributed by atoms with van der Waals surface area (Å²) >= 11 is 6.05. The van der Waals surface area contributed by atoms with Gasteiger partial charge in [-0.25, -0.2) is 19.2 Å². The molecule has 2 aliphatic heterocycles. The number of benzene rings is 1. The number of anilines is 3. The highest BCUT2D eigenvalue weighted by Gasteiger charge is 2.38. The van der Waals surface area contributed by atoms with Crippen LogP contribution in [0, 0.1) is 24.6 Å². The van der Waals surface area contributed by atoms with Crippen LogP contribution in [0.1, 0.15) is 31.4 Å². The van der Waals surface area contributed by atoms with E-state index in [2.05, 4.69) is 47.6 Å². The van der Waals surface area contributed by atoms with Gasteiger partial charge in [-0.1, -0.05) is 11.6 Å². The van der Waals surface area contributed by atoms with Crippen molar-refractivity contribution in [2.45, 2.75) is 38.7 Å². The maximum atomic E-state index is 14.4. The fourth-order valence-corrected chi connectivity index (χ4v) is 6.25. The molecular formula is C32H39ClFN9O3. The molecule has 2 aromatic heterocycles. The zero-order chi connectivity index (χ0) is 32.2. The molecule has 14 heteroatoms. The van der Waals surface area contributed by atoms with Gasteiger partial charge in [-0.2, -0.15) is 10.2 Å². The molecule has 2 amide bonds. The van der Waals surface area contributed by atoms with Crippen LogP contribution in [0.15, 0.2) is 36.7 Å². The highest BCUT2D eigenvalue weighted by molar-refractivity contribution is 6.30. The lowest BCUT2D eigenvalue weighted by molar-refractivity contribution is -0.126. The summed E-state index contributed by atoms with van der Waals surface area (Å²) in [4.78, 5) is 40.7. The van der Waals surface area contributed by atoms with Crippen molar-refractivity contribution in [1.82, 2.24) is 34.9 Å². The van der Waals surface area contributed by atoms with Crippen molar-refractivity contribution in [2.24, 2.45) is 11.8 Å². The Morgan fingerprint density at radius 2 is 1.74 bits per heavy atom. The quantitative estimate of drug-likeness (QED) is 0.357.